The van der Waals surface area contributed by atoms with Crippen molar-refractivity contribution in [2.75, 3.05) is 52.5 Å². The normalized spacial score (nSPS) is 25.6. The van der Waals surface area contributed by atoms with Crippen molar-refractivity contribution >= 4 is 59.8 Å². The Hall–Kier alpha value is -6.10. The fourth-order valence-electron chi connectivity index (χ4n) is 9.02. The fourth-order valence-corrected chi connectivity index (χ4v) is 9.02. The molecule has 5 rings (SSSR count). The van der Waals surface area contributed by atoms with Crippen LogP contribution in [0.1, 0.15) is 80.1 Å². The summed E-state index contributed by atoms with van der Waals surface area (Å²) < 4.78 is 10.3. The van der Waals surface area contributed by atoms with E-state index >= 15 is 0 Å². The van der Waals surface area contributed by atoms with Crippen LogP contribution in [0.15, 0.2) is 46.4 Å². The minimum Gasteiger partial charge on any atom is -0.448 e. The number of β-amino-alcohol motifs (C(OH)–C–C–N with tert-alkyl or cyclic N) is 1. The maximum Gasteiger partial charge on any atom is 0.407 e. The van der Waals surface area contributed by atoms with Crippen LogP contribution < -0.4 is 10.6 Å². The maximum absolute atomic E-state index is 12.3. The van der Waals surface area contributed by atoms with E-state index in [0.717, 1.165) is 40.4 Å². The zero-order valence-corrected chi connectivity index (χ0v) is 36.1. The minimum atomic E-state index is -0.656. The number of hydrogen-bond donors (Lipinski definition) is 3. The van der Waals surface area contributed by atoms with E-state index in [1.807, 2.05) is 6.92 Å². The zero-order chi connectivity index (χ0) is 46.3. The highest BCUT2D eigenvalue weighted by atomic mass is 16.6. The SMILES string of the molecule is CC1(C)CC(N=C=O)CC(C)(CN=C=O)C1.CC1(C)CC(NC(=O)OCCN2C(=O)C=CC2=O)CC(C)(CNC(=O)OCCN2C(=O)C=CC2=O)C1.O=C1C=CC(=O)N1CCO. The van der Waals surface area contributed by atoms with Gasteiger partial charge >= 0.3 is 12.2 Å². The number of aliphatic hydroxyl groups excluding tert-OH is 1. The molecule has 8 amide bonds. The number of carbonyl (C=O) groups is 8. The van der Waals surface area contributed by atoms with E-state index in [4.69, 9.17) is 14.6 Å². The molecule has 0 aromatic carbocycles. The molecule has 3 aliphatic heterocycles. The van der Waals surface area contributed by atoms with Crippen LogP contribution in [0.5, 0.6) is 0 Å². The second kappa shape index (κ2) is 22.1. The summed E-state index contributed by atoms with van der Waals surface area (Å²) in [5, 5.41) is 14.0. The van der Waals surface area contributed by atoms with Gasteiger partial charge < -0.3 is 25.2 Å². The Morgan fingerprint density at radius 2 is 1.11 bits per heavy atom. The predicted molar refractivity (Wildman–Crippen MR) is 219 cm³/mol. The molecule has 0 bridgehead atoms. The molecule has 338 valence electrons. The fraction of sp³-hybridized carbons (Fsp3) is 0.619. The topological polar surface area (TPSA) is 268 Å². The van der Waals surface area contributed by atoms with Gasteiger partial charge in [-0.1, -0.05) is 41.5 Å². The molecule has 0 saturated heterocycles. The first-order valence-corrected chi connectivity index (χ1v) is 20.2. The van der Waals surface area contributed by atoms with Gasteiger partial charge in [0.1, 0.15) is 13.2 Å². The van der Waals surface area contributed by atoms with E-state index < -0.39 is 35.8 Å². The predicted octanol–water partition coefficient (Wildman–Crippen LogP) is 2.02. The van der Waals surface area contributed by atoms with E-state index in [9.17, 15) is 47.9 Å². The van der Waals surface area contributed by atoms with E-state index in [2.05, 4.69) is 55.2 Å². The molecule has 4 unspecified atom stereocenters. The maximum atomic E-state index is 12.3. The van der Waals surface area contributed by atoms with Gasteiger partial charge in [0.15, 0.2) is 0 Å². The number of ether oxygens (including phenoxy) is 2. The molecule has 2 aliphatic carbocycles. The molecule has 0 aromatic rings. The van der Waals surface area contributed by atoms with Gasteiger partial charge in [-0.25, -0.2) is 29.2 Å². The van der Waals surface area contributed by atoms with Gasteiger partial charge in [0.05, 0.1) is 38.8 Å². The zero-order valence-electron chi connectivity index (χ0n) is 36.1. The Bertz CT molecular complexity index is 1880. The van der Waals surface area contributed by atoms with Crippen LogP contribution in [0.2, 0.25) is 0 Å². The van der Waals surface area contributed by atoms with E-state index in [0.29, 0.717) is 25.9 Å². The molecule has 20 heteroatoms. The van der Waals surface area contributed by atoms with Crippen molar-refractivity contribution in [3.8, 4) is 0 Å². The molecule has 0 radical (unpaired) electrons. The summed E-state index contributed by atoms with van der Waals surface area (Å²) in [7, 11) is 0. The lowest BCUT2D eigenvalue weighted by Gasteiger charge is -2.46. The first kappa shape index (κ1) is 50.3. The Labute approximate surface area is 359 Å². The first-order valence-electron chi connectivity index (χ1n) is 20.2. The molecule has 3 N–H and O–H groups in total. The molecule has 2 fully saturated rings. The lowest BCUT2D eigenvalue weighted by Crippen LogP contribution is -2.50. The van der Waals surface area contributed by atoms with E-state index in [1.165, 1.54) is 36.5 Å². The molecule has 2 saturated carbocycles. The highest BCUT2D eigenvalue weighted by Crippen LogP contribution is 2.47. The summed E-state index contributed by atoms with van der Waals surface area (Å²) in [6.45, 7) is 13.0. The monoisotopic (exact) mass is 867 g/mol. The number of isocyanates is 2. The van der Waals surface area contributed by atoms with Gasteiger partial charge in [-0.05, 0) is 60.2 Å². The molecule has 3 heterocycles. The Balaban J connectivity index is 0.000000320. The van der Waals surface area contributed by atoms with Crippen LogP contribution in [0.4, 0.5) is 9.59 Å². The number of aliphatic imine (C=N–C) groups is 2. The number of nitrogens with zero attached hydrogens (tertiary/aromatic N) is 5. The van der Waals surface area contributed by atoms with Crippen LogP contribution in [0.25, 0.3) is 0 Å². The van der Waals surface area contributed by atoms with Gasteiger partial charge in [-0.15, -0.1) is 0 Å². The van der Waals surface area contributed by atoms with E-state index in [1.54, 1.807) is 12.2 Å². The number of alkyl carbamates (subject to hydrolysis) is 2. The van der Waals surface area contributed by atoms with Gasteiger partial charge in [0.25, 0.3) is 35.4 Å². The Kier molecular flexibility index (Phi) is 17.9. The average Bonchev–Trinajstić information content (AvgIpc) is 3.79. The third-order valence-corrected chi connectivity index (χ3v) is 10.7. The number of imide groups is 3. The summed E-state index contributed by atoms with van der Waals surface area (Å²) >= 11 is 0. The summed E-state index contributed by atoms with van der Waals surface area (Å²) in [5.41, 5.74) is -0.412. The number of hydrogen-bond acceptors (Lipinski definition) is 15. The molecular weight excluding hydrogens is 810 g/mol. The lowest BCUT2D eigenvalue weighted by molar-refractivity contribution is -0.138. The van der Waals surface area contributed by atoms with Crippen molar-refractivity contribution in [1.29, 1.82) is 0 Å². The Morgan fingerprint density at radius 1 is 0.661 bits per heavy atom. The standard InChI is InChI=1S/C24H32N4O8.C12H18N2O2.C6H7NO3/c1-23(2)12-16(26-22(34)36-11-9-28-19(31)6-7-20(28)32)13-24(3,14-23)15-25-21(33)35-10-8-27-17(29)4-5-18(27)30;1-11(2)4-10(14-9-16)5-12(3,6-11)7-13-8-15;8-4-3-7-5(9)1-2-6(7)10/h4-7,16H,8-15H2,1-3H3,(H,25,33)(H,26,34);10H,4-7H2,1-3H3;1-2,8H,3-4H2. The van der Waals surface area contributed by atoms with E-state index in [-0.39, 0.29) is 85.0 Å². The summed E-state index contributed by atoms with van der Waals surface area (Å²) in [6, 6.07) is -0.200. The number of aliphatic hydroxyl groups is 1. The third-order valence-electron chi connectivity index (χ3n) is 10.7. The average molecular weight is 868 g/mol. The highest BCUT2D eigenvalue weighted by molar-refractivity contribution is 6.14. The quantitative estimate of drug-likeness (QED) is 0.128. The molecule has 4 atom stereocenters. The first-order chi connectivity index (χ1) is 29.0. The second-order valence-electron chi connectivity index (χ2n) is 18.1. The van der Waals surface area contributed by atoms with Crippen molar-refractivity contribution in [2.24, 2.45) is 31.6 Å². The van der Waals surface area contributed by atoms with Crippen LogP contribution in [-0.4, -0.2) is 144 Å². The summed E-state index contributed by atoms with van der Waals surface area (Å²) in [4.78, 5) is 123. The number of carbonyl (C=O) groups excluding carboxylic acids is 10. The van der Waals surface area contributed by atoms with Gasteiger partial charge in [0.2, 0.25) is 12.2 Å². The molecule has 5 aliphatic rings. The summed E-state index contributed by atoms with van der Waals surface area (Å²) in [6.07, 6.45) is 13.7. The van der Waals surface area contributed by atoms with Gasteiger partial charge in [-0.3, -0.25) is 43.5 Å². The number of nitrogens with one attached hydrogen (secondary N) is 2. The Morgan fingerprint density at radius 3 is 1.58 bits per heavy atom. The van der Waals surface area contributed by atoms with Gasteiger partial charge in [-0.2, -0.15) is 0 Å². The summed E-state index contributed by atoms with van der Waals surface area (Å²) in [5.74, 6) is -2.44. The third kappa shape index (κ3) is 15.7. The van der Waals surface area contributed by atoms with Crippen molar-refractivity contribution < 1.29 is 62.5 Å². The largest absolute Gasteiger partial charge is 0.448 e. The van der Waals surface area contributed by atoms with Crippen molar-refractivity contribution in [1.82, 2.24) is 25.3 Å². The highest BCUT2D eigenvalue weighted by Gasteiger charge is 2.43. The molecule has 62 heavy (non-hydrogen) atoms. The lowest BCUT2D eigenvalue weighted by atomic mass is 9.62. The molecule has 0 spiro atoms. The van der Waals surface area contributed by atoms with Gasteiger partial charge in [0, 0.05) is 49.0 Å². The van der Waals surface area contributed by atoms with Crippen molar-refractivity contribution in [3.05, 3.63) is 36.5 Å². The van der Waals surface area contributed by atoms with Crippen LogP contribution in [0, 0.1) is 21.7 Å². The van der Waals surface area contributed by atoms with Crippen molar-refractivity contribution in [3.63, 3.8) is 0 Å². The van der Waals surface area contributed by atoms with Crippen LogP contribution >= 0.6 is 0 Å². The smallest absolute Gasteiger partial charge is 0.407 e. The minimum absolute atomic E-state index is 0.00750. The second-order valence-corrected chi connectivity index (χ2v) is 18.1. The number of rotatable bonds is 14. The molecule has 0 aromatic heterocycles. The van der Waals surface area contributed by atoms with Crippen molar-refractivity contribution in [2.45, 2.75) is 92.2 Å². The molecular formula is C42H57N7O13. The number of amides is 8. The molecule has 20 nitrogen and oxygen atoms in total. The van der Waals surface area contributed by atoms with Crippen LogP contribution in [-0.2, 0) is 47.8 Å². The van der Waals surface area contributed by atoms with Crippen LogP contribution in [0.3, 0.4) is 0 Å².